The van der Waals surface area contributed by atoms with Gasteiger partial charge >= 0.3 is 5.97 Å². The van der Waals surface area contributed by atoms with Crippen LogP contribution in [0.5, 0.6) is 0 Å². The van der Waals surface area contributed by atoms with E-state index in [-0.39, 0.29) is 44.2 Å². The number of aliphatic carboxylic acids is 1. The van der Waals surface area contributed by atoms with Crippen molar-refractivity contribution in [3.05, 3.63) is 35.9 Å². The van der Waals surface area contributed by atoms with Gasteiger partial charge in [0.05, 0.1) is 0 Å². The van der Waals surface area contributed by atoms with Crippen molar-refractivity contribution in [1.29, 1.82) is 0 Å². The molecule has 10 nitrogen and oxygen atoms in total. The van der Waals surface area contributed by atoms with Crippen LogP contribution in [-0.2, 0) is 30.4 Å². The van der Waals surface area contributed by atoms with Crippen LogP contribution in [0.2, 0.25) is 0 Å². The second kappa shape index (κ2) is 13.3. The van der Waals surface area contributed by atoms with E-state index in [0.717, 1.165) is 5.56 Å². The molecule has 0 radical (unpaired) electrons. The first-order valence-corrected chi connectivity index (χ1v) is 11.9. The summed E-state index contributed by atoms with van der Waals surface area (Å²) in [6, 6.07) is 5.92. The van der Waals surface area contributed by atoms with Crippen molar-refractivity contribution in [1.82, 2.24) is 15.1 Å². The van der Waals surface area contributed by atoms with Crippen LogP contribution in [-0.4, -0.2) is 75.7 Å². The van der Waals surface area contributed by atoms with Crippen molar-refractivity contribution in [2.24, 2.45) is 11.7 Å². The molecule has 0 aromatic heterocycles. The number of amides is 4. The number of benzene rings is 1. The third-order valence-electron chi connectivity index (χ3n) is 5.96. The van der Waals surface area contributed by atoms with Crippen LogP contribution < -0.4 is 11.1 Å². The minimum Gasteiger partial charge on any atom is -0.480 e. The number of carbonyl (C=O) groups is 5. The Hall–Kier alpha value is -3.87. The Kier molecular flexibility index (Phi) is 10.5. The lowest BCUT2D eigenvalue weighted by Crippen LogP contribution is -2.64. The normalized spacial score (nSPS) is 17.1. The Morgan fingerprint density at radius 3 is 2.39 bits per heavy atom. The zero-order valence-corrected chi connectivity index (χ0v) is 20.9. The van der Waals surface area contributed by atoms with Gasteiger partial charge in [0, 0.05) is 25.9 Å². The van der Waals surface area contributed by atoms with Gasteiger partial charge in [0.15, 0.2) is 0 Å². The molecule has 4 N–H and O–H groups in total. The van der Waals surface area contributed by atoms with E-state index in [9.17, 15) is 29.1 Å². The molecule has 0 saturated carbocycles. The molecule has 1 heterocycles. The van der Waals surface area contributed by atoms with E-state index >= 15 is 0 Å². The number of carbonyl (C=O) groups excluding carboxylic acids is 4. The number of hydrogen-bond acceptors (Lipinski definition) is 5. The predicted octanol–water partition coefficient (Wildman–Crippen LogP) is 0.541. The summed E-state index contributed by atoms with van der Waals surface area (Å²) in [6.45, 7) is 5.70. The van der Waals surface area contributed by atoms with Crippen molar-refractivity contribution in [2.75, 3.05) is 13.1 Å². The maximum atomic E-state index is 13.7. The predicted molar refractivity (Wildman–Crippen MR) is 132 cm³/mol. The molecule has 0 bridgehead atoms. The maximum absolute atomic E-state index is 13.7. The molecule has 1 aromatic carbocycles. The molecule has 10 heteroatoms. The lowest BCUT2D eigenvalue weighted by atomic mass is 9.96. The fourth-order valence-corrected chi connectivity index (χ4v) is 4.21. The smallest absolute Gasteiger partial charge is 0.326 e. The van der Waals surface area contributed by atoms with Crippen LogP contribution in [0.1, 0.15) is 45.6 Å². The molecule has 36 heavy (non-hydrogen) atoms. The summed E-state index contributed by atoms with van der Waals surface area (Å²) < 4.78 is 0. The third-order valence-corrected chi connectivity index (χ3v) is 5.96. The SMILES string of the molecule is CC#CC(=O)N1CCN([C@@H](Cc2ccccc2)C(=O)N[C@@H](CCC(N)=O)C(=O)O)C(=O)[C@@H]1CC(C)C. The minimum atomic E-state index is -1.34. The largest absolute Gasteiger partial charge is 0.480 e. The first-order chi connectivity index (χ1) is 17.0. The van der Waals surface area contributed by atoms with Crippen molar-refractivity contribution >= 4 is 29.6 Å². The summed E-state index contributed by atoms with van der Waals surface area (Å²) in [5.74, 6) is 1.68. The van der Waals surface area contributed by atoms with E-state index in [2.05, 4.69) is 17.2 Å². The van der Waals surface area contributed by atoms with Crippen LogP contribution in [0.4, 0.5) is 0 Å². The van der Waals surface area contributed by atoms with Gasteiger partial charge in [0.25, 0.3) is 5.91 Å². The molecule has 1 aliphatic heterocycles. The van der Waals surface area contributed by atoms with Crippen LogP contribution in [0.15, 0.2) is 30.3 Å². The minimum absolute atomic E-state index is 0.0918. The summed E-state index contributed by atoms with van der Waals surface area (Å²) in [6.07, 6.45) is 0.159. The van der Waals surface area contributed by atoms with Crippen LogP contribution in [0, 0.1) is 17.8 Å². The number of nitrogens with two attached hydrogens (primary N) is 1. The fourth-order valence-electron chi connectivity index (χ4n) is 4.21. The number of nitrogens with zero attached hydrogens (tertiary/aromatic N) is 2. The van der Waals surface area contributed by atoms with Gasteiger partial charge in [0.1, 0.15) is 18.1 Å². The fraction of sp³-hybridized carbons (Fsp3) is 0.500. The van der Waals surface area contributed by atoms with Crippen LogP contribution >= 0.6 is 0 Å². The van der Waals surface area contributed by atoms with Gasteiger partial charge < -0.3 is 26.0 Å². The highest BCUT2D eigenvalue weighted by Gasteiger charge is 2.42. The highest BCUT2D eigenvalue weighted by atomic mass is 16.4. The Bertz CT molecular complexity index is 1030. The number of carboxylic acid groups (broad SMARTS) is 1. The second-order valence-corrected chi connectivity index (χ2v) is 9.16. The van der Waals surface area contributed by atoms with Crippen LogP contribution in [0.25, 0.3) is 0 Å². The molecule has 1 aliphatic rings. The third kappa shape index (κ3) is 7.83. The number of carboxylic acids is 1. The van der Waals surface area contributed by atoms with Gasteiger partial charge in [-0.2, -0.15) is 0 Å². The molecule has 1 aromatic rings. The maximum Gasteiger partial charge on any atom is 0.326 e. The van der Waals surface area contributed by atoms with Crippen molar-refractivity contribution < 1.29 is 29.1 Å². The first kappa shape index (κ1) is 28.4. The lowest BCUT2D eigenvalue weighted by Gasteiger charge is -2.43. The van der Waals surface area contributed by atoms with Gasteiger partial charge in [0.2, 0.25) is 17.7 Å². The van der Waals surface area contributed by atoms with E-state index in [1.807, 2.05) is 32.0 Å². The van der Waals surface area contributed by atoms with E-state index in [1.54, 1.807) is 19.1 Å². The zero-order chi connectivity index (χ0) is 26.8. The standard InChI is InChI=1S/C26H34N4O6/c1-4-8-23(32)29-13-14-30(25(34)21(29)15-17(2)3)20(16-18-9-6-5-7-10-18)24(33)28-19(26(35)36)11-12-22(27)31/h5-7,9-10,17,19-21H,11-16H2,1-3H3,(H2,27,31)(H,28,33)(H,35,36)/t19-,20-,21-/m0/s1. The van der Waals surface area contributed by atoms with Crippen molar-refractivity contribution in [2.45, 2.75) is 64.6 Å². The molecule has 4 amide bonds. The average Bonchev–Trinajstić information content (AvgIpc) is 2.81. The molecule has 1 saturated heterocycles. The van der Waals surface area contributed by atoms with Gasteiger partial charge in [-0.05, 0) is 37.2 Å². The molecule has 0 unspecified atom stereocenters. The summed E-state index contributed by atoms with van der Waals surface area (Å²) in [4.78, 5) is 65.4. The number of piperazine rings is 1. The first-order valence-electron chi connectivity index (χ1n) is 11.9. The molecule has 0 spiro atoms. The number of primary amides is 1. The molecule has 1 fully saturated rings. The Morgan fingerprint density at radius 1 is 1.17 bits per heavy atom. The second-order valence-electron chi connectivity index (χ2n) is 9.16. The summed E-state index contributed by atoms with van der Waals surface area (Å²) in [5, 5.41) is 12.0. The number of rotatable bonds is 11. The average molecular weight is 499 g/mol. The lowest BCUT2D eigenvalue weighted by molar-refractivity contribution is -0.155. The summed E-state index contributed by atoms with van der Waals surface area (Å²) >= 11 is 0. The van der Waals surface area contributed by atoms with E-state index in [1.165, 1.54) is 9.80 Å². The molecular weight excluding hydrogens is 464 g/mol. The van der Waals surface area contributed by atoms with E-state index < -0.39 is 41.8 Å². The molecule has 3 atom stereocenters. The van der Waals surface area contributed by atoms with E-state index in [4.69, 9.17) is 5.73 Å². The van der Waals surface area contributed by atoms with Crippen molar-refractivity contribution in [3.63, 3.8) is 0 Å². The topological polar surface area (TPSA) is 150 Å². The number of nitrogens with one attached hydrogen (secondary N) is 1. The summed E-state index contributed by atoms with van der Waals surface area (Å²) in [5.41, 5.74) is 5.93. The van der Waals surface area contributed by atoms with Crippen molar-refractivity contribution in [3.8, 4) is 11.8 Å². The van der Waals surface area contributed by atoms with Gasteiger partial charge in [-0.1, -0.05) is 50.1 Å². The highest BCUT2D eigenvalue weighted by molar-refractivity contribution is 5.99. The quantitative estimate of drug-likeness (QED) is 0.379. The number of hydrogen-bond donors (Lipinski definition) is 3. The molecule has 0 aliphatic carbocycles. The van der Waals surface area contributed by atoms with Crippen LogP contribution in [0.3, 0.4) is 0 Å². The van der Waals surface area contributed by atoms with Gasteiger partial charge in [-0.3, -0.25) is 19.2 Å². The highest BCUT2D eigenvalue weighted by Crippen LogP contribution is 2.22. The zero-order valence-electron chi connectivity index (χ0n) is 20.9. The Balaban J connectivity index is 2.38. The van der Waals surface area contributed by atoms with Gasteiger partial charge in [-0.15, -0.1) is 0 Å². The van der Waals surface area contributed by atoms with E-state index in [0.29, 0.717) is 6.42 Å². The molecule has 194 valence electrons. The van der Waals surface area contributed by atoms with Gasteiger partial charge in [-0.25, -0.2) is 4.79 Å². The molecular formula is C26H34N4O6. The Morgan fingerprint density at radius 2 is 1.83 bits per heavy atom. The monoisotopic (exact) mass is 498 g/mol. The Labute approximate surface area is 211 Å². The summed E-state index contributed by atoms with van der Waals surface area (Å²) in [7, 11) is 0. The molecule has 2 rings (SSSR count).